The second-order valence-corrected chi connectivity index (χ2v) is 5.26. The second kappa shape index (κ2) is 6.58. The molecule has 2 fully saturated rings. The van der Waals surface area contributed by atoms with Crippen molar-refractivity contribution in [1.82, 2.24) is 10.6 Å². The molecular weight excluding hydrogens is 200 g/mol. The topological polar surface area (TPSA) is 33.3 Å². The third kappa shape index (κ3) is 3.72. The zero-order chi connectivity index (χ0) is 11.2. The van der Waals surface area contributed by atoms with Gasteiger partial charge in [0, 0.05) is 32.3 Å². The fraction of sp³-hybridized carbons (Fsp3) is 1.00. The van der Waals surface area contributed by atoms with Gasteiger partial charge in [-0.25, -0.2) is 0 Å². The Bertz CT molecular complexity index is 192. The summed E-state index contributed by atoms with van der Waals surface area (Å²) in [7, 11) is 0. The Morgan fingerprint density at radius 3 is 2.62 bits per heavy atom. The van der Waals surface area contributed by atoms with Crippen molar-refractivity contribution in [1.29, 1.82) is 0 Å². The summed E-state index contributed by atoms with van der Waals surface area (Å²) in [6.07, 6.45) is 7.28. The van der Waals surface area contributed by atoms with Crippen molar-refractivity contribution in [2.75, 3.05) is 26.2 Å². The predicted molar refractivity (Wildman–Crippen MR) is 66.6 cm³/mol. The van der Waals surface area contributed by atoms with Crippen molar-refractivity contribution >= 4 is 0 Å². The van der Waals surface area contributed by atoms with E-state index in [1.165, 1.54) is 32.1 Å². The van der Waals surface area contributed by atoms with Crippen LogP contribution in [0.1, 0.15) is 39.0 Å². The summed E-state index contributed by atoms with van der Waals surface area (Å²) >= 11 is 0. The average molecular weight is 226 g/mol. The van der Waals surface area contributed by atoms with Gasteiger partial charge in [0.1, 0.15) is 0 Å². The molecule has 1 aliphatic carbocycles. The fourth-order valence-corrected chi connectivity index (χ4v) is 2.83. The third-order valence-corrected chi connectivity index (χ3v) is 4.03. The van der Waals surface area contributed by atoms with E-state index < -0.39 is 0 Å². The molecule has 0 spiro atoms. The van der Waals surface area contributed by atoms with Gasteiger partial charge in [0.2, 0.25) is 0 Å². The quantitative estimate of drug-likeness (QED) is 0.674. The van der Waals surface area contributed by atoms with Crippen LogP contribution in [0.3, 0.4) is 0 Å². The van der Waals surface area contributed by atoms with Gasteiger partial charge in [0.25, 0.3) is 0 Å². The van der Waals surface area contributed by atoms with Gasteiger partial charge in [-0.3, -0.25) is 0 Å². The molecule has 0 radical (unpaired) electrons. The molecule has 2 N–H and O–H groups in total. The molecule has 2 aliphatic rings. The first-order valence-corrected chi connectivity index (χ1v) is 6.92. The molecule has 94 valence electrons. The largest absolute Gasteiger partial charge is 0.378 e. The summed E-state index contributed by atoms with van der Waals surface area (Å²) in [5, 5.41) is 7.16. The van der Waals surface area contributed by atoms with Crippen LogP contribution in [0.4, 0.5) is 0 Å². The Balaban J connectivity index is 1.45. The van der Waals surface area contributed by atoms with Gasteiger partial charge in [-0.2, -0.15) is 0 Å². The molecule has 0 aromatic heterocycles. The number of nitrogens with one attached hydrogen (secondary N) is 2. The molecule has 0 bridgehead atoms. The summed E-state index contributed by atoms with van der Waals surface area (Å²) in [4.78, 5) is 0. The van der Waals surface area contributed by atoms with Crippen molar-refractivity contribution in [2.24, 2.45) is 5.92 Å². The van der Waals surface area contributed by atoms with Crippen molar-refractivity contribution in [2.45, 2.75) is 51.2 Å². The first-order chi connectivity index (χ1) is 7.86. The van der Waals surface area contributed by atoms with Crippen LogP contribution in [0.2, 0.25) is 0 Å². The molecule has 2 atom stereocenters. The molecule has 3 nitrogen and oxygen atoms in total. The molecule has 1 aliphatic heterocycles. The Morgan fingerprint density at radius 1 is 1.12 bits per heavy atom. The minimum absolute atomic E-state index is 0.454. The smallest absolute Gasteiger partial charge is 0.0588 e. The lowest BCUT2D eigenvalue weighted by molar-refractivity contribution is 0.105. The van der Waals surface area contributed by atoms with E-state index >= 15 is 0 Å². The van der Waals surface area contributed by atoms with Crippen molar-refractivity contribution in [3.63, 3.8) is 0 Å². The zero-order valence-corrected chi connectivity index (χ0v) is 10.5. The van der Waals surface area contributed by atoms with Crippen molar-refractivity contribution in [3.05, 3.63) is 0 Å². The van der Waals surface area contributed by atoms with Crippen LogP contribution in [0.5, 0.6) is 0 Å². The number of rotatable bonds is 6. The minimum atomic E-state index is 0.454. The van der Waals surface area contributed by atoms with Crippen LogP contribution in [-0.4, -0.2) is 38.4 Å². The highest BCUT2D eigenvalue weighted by Crippen LogP contribution is 2.19. The summed E-state index contributed by atoms with van der Waals surface area (Å²) < 4.78 is 5.55. The van der Waals surface area contributed by atoms with Gasteiger partial charge >= 0.3 is 0 Å². The normalized spacial score (nSPS) is 31.3. The van der Waals surface area contributed by atoms with Gasteiger partial charge in [0.05, 0.1) is 6.10 Å². The van der Waals surface area contributed by atoms with Gasteiger partial charge in [0.15, 0.2) is 0 Å². The maximum atomic E-state index is 5.55. The molecular formula is C13H26N2O. The highest BCUT2D eigenvalue weighted by Gasteiger charge is 2.23. The molecule has 0 aromatic carbocycles. The molecule has 1 saturated heterocycles. The maximum absolute atomic E-state index is 5.55. The molecule has 16 heavy (non-hydrogen) atoms. The van der Waals surface area contributed by atoms with Crippen LogP contribution in [0.25, 0.3) is 0 Å². The first-order valence-electron chi connectivity index (χ1n) is 6.92. The van der Waals surface area contributed by atoms with Crippen LogP contribution in [-0.2, 0) is 4.74 Å². The van der Waals surface area contributed by atoms with E-state index in [1.54, 1.807) is 0 Å². The van der Waals surface area contributed by atoms with E-state index in [0.717, 1.165) is 38.2 Å². The highest BCUT2D eigenvalue weighted by atomic mass is 16.5. The summed E-state index contributed by atoms with van der Waals surface area (Å²) in [6.45, 7) is 6.48. The van der Waals surface area contributed by atoms with Crippen LogP contribution >= 0.6 is 0 Å². The van der Waals surface area contributed by atoms with Gasteiger partial charge in [-0.05, 0) is 32.1 Å². The van der Waals surface area contributed by atoms with Crippen LogP contribution < -0.4 is 10.6 Å². The third-order valence-electron chi connectivity index (χ3n) is 4.03. The van der Waals surface area contributed by atoms with Gasteiger partial charge < -0.3 is 15.4 Å². The summed E-state index contributed by atoms with van der Waals surface area (Å²) in [5.41, 5.74) is 0. The summed E-state index contributed by atoms with van der Waals surface area (Å²) in [5.74, 6) is 0.728. The van der Waals surface area contributed by atoms with E-state index in [9.17, 15) is 0 Å². The summed E-state index contributed by atoms with van der Waals surface area (Å²) in [6, 6.07) is 0.801. The Labute approximate surface area is 99.3 Å². The first kappa shape index (κ1) is 12.3. The molecule has 0 aromatic rings. The number of ether oxygens (including phenoxy) is 1. The van der Waals surface area contributed by atoms with E-state index in [-0.39, 0.29) is 0 Å². The van der Waals surface area contributed by atoms with Gasteiger partial charge in [-0.15, -0.1) is 0 Å². The second-order valence-electron chi connectivity index (χ2n) is 5.26. The number of hydrogen-bond donors (Lipinski definition) is 2. The van der Waals surface area contributed by atoms with Crippen LogP contribution in [0, 0.1) is 5.92 Å². The van der Waals surface area contributed by atoms with E-state index in [2.05, 4.69) is 17.6 Å². The highest BCUT2D eigenvalue weighted by molar-refractivity contribution is 4.76. The Morgan fingerprint density at radius 2 is 1.94 bits per heavy atom. The van der Waals surface area contributed by atoms with Crippen LogP contribution in [0.15, 0.2) is 0 Å². The molecule has 2 rings (SSSR count). The molecule has 3 heteroatoms. The number of hydrogen-bond acceptors (Lipinski definition) is 3. The van der Waals surface area contributed by atoms with E-state index in [1.807, 2.05) is 0 Å². The zero-order valence-electron chi connectivity index (χ0n) is 10.5. The molecule has 1 heterocycles. The fourth-order valence-electron chi connectivity index (χ4n) is 2.83. The van der Waals surface area contributed by atoms with E-state index in [0.29, 0.717) is 6.10 Å². The molecule has 1 saturated carbocycles. The standard InChI is InChI=1S/C13H26N2O/c1-11-12(6-9-16-11)10-14-7-8-15-13-4-2-3-5-13/h11-15H,2-10H2,1H3. The Kier molecular flexibility index (Phi) is 5.07. The molecule has 2 unspecified atom stereocenters. The lowest BCUT2D eigenvalue weighted by Crippen LogP contribution is -2.36. The Hall–Kier alpha value is -0.120. The van der Waals surface area contributed by atoms with Crippen molar-refractivity contribution < 1.29 is 4.74 Å². The monoisotopic (exact) mass is 226 g/mol. The van der Waals surface area contributed by atoms with Crippen molar-refractivity contribution in [3.8, 4) is 0 Å². The lowest BCUT2D eigenvalue weighted by Gasteiger charge is -2.16. The predicted octanol–water partition coefficient (Wildman–Crippen LogP) is 1.53. The SMILES string of the molecule is CC1OCCC1CNCCNC1CCCC1. The average Bonchev–Trinajstić information content (AvgIpc) is 2.90. The van der Waals surface area contributed by atoms with Gasteiger partial charge in [-0.1, -0.05) is 12.8 Å². The van der Waals surface area contributed by atoms with E-state index in [4.69, 9.17) is 4.74 Å². The maximum Gasteiger partial charge on any atom is 0.0588 e. The minimum Gasteiger partial charge on any atom is -0.378 e. The molecule has 0 amide bonds. The lowest BCUT2D eigenvalue weighted by atomic mass is 10.0.